The average molecular weight is 214 g/mol. The number of alkyl halides is 2. The molecule has 0 rings (SSSR count). The summed E-state index contributed by atoms with van der Waals surface area (Å²) in [5.41, 5.74) is 0. The molecule has 10 heavy (non-hydrogen) atoms. The Labute approximate surface area is 67.6 Å². The second-order valence-electron chi connectivity index (χ2n) is 1.87. The highest BCUT2D eigenvalue weighted by molar-refractivity contribution is 9.11. The number of halogens is 3. The minimum Gasteiger partial charge on any atom is -0.312 e. The molecule has 0 bridgehead atoms. The lowest BCUT2D eigenvalue weighted by Crippen LogP contribution is -2.18. The van der Waals surface area contributed by atoms with E-state index in [1.54, 1.807) is 0 Å². The van der Waals surface area contributed by atoms with Crippen LogP contribution in [-0.2, 0) is 0 Å². The van der Waals surface area contributed by atoms with Gasteiger partial charge in [-0.15, -0.1) is 0 Å². The fraction of sp³-hybridized carbons (Fsp3) is 0.667. The normalized spacial score (nSPS) is 10.4. The predicted octanol–water partition coefficient (Wildman–Crippen LogP) is 2.14. The Morgan fingerprint density at radius 3 is 2.60 bits per heavy atom. The van der Waals surface area contributed by atoms with Crippen LogP contribution in [0, 0.1) is 0 Å². The van der Waals surface area contributed by atoms with Crippen molar-refractivity contribution in [3.8, 4) is 0 Å². The third-order valence-corrected chi connectivity index (χ3v) is 1.14. The van der Waals surface area contributed by atoms with Crippen molar-refractivity contribution in [1.29, 1.82) is 0 Å². The molecule has 0 fully saturated rings. The smallest absolute Gasteiger partial charge is 0.239 e. The molecule has 0 aromatic rings. The van der Waals surface area contributed by atoms with E-state index in [-0.39, 0.29) is 6.42 Å². The van der Waals surface area contributed by atoms with Crippen molar-refractivity contribution < 1.29 is 8.78 Å². The summed E-state index contributed by atoms with van der Waals surface area (Å²) in [6.45, 7) is 4.42. The van der Waals surface area contributed by atoms with Gasteiger partial charge in [0.2, 0.25) is 6.43 Å². The lowest BCUT2D eigenvalue weighted by Gasteiger charge is -2.01. The maximum Gasteiger partial charge on any atom is 0.239 e. The molecule has 0 spiro atoms. The first kappa shape index (κ1) is 10.0. The molecule has 0 heterocycles. The Hall–Kier alpha value is 0.0400. The molecule has 4 heteroatoms. The minimum absolute atomic E-state index is 0.0969. The predicted molar refractivity (Wildman–Crippen MR) is 41.6 cm³/mol. The molecule has 0 aliphatic carbocycles. The van der Waals surface area contributed by atoms with Crippen LogP contribution in [0.1, 0.15) is 6.42 Å². The first-order valence-electron chi connectivity index (χ1n) is 2.95. The molecule has 0 aromatic heterocycles. The van der Waals surface area contributed by atoms with Crippen molar-refractivity contribution in [3.05, 3.63) is 11.1 Å². The SMILES string of the molecule is C=C(Br)CNCCC(F)F. The van der Waals surface area contributed by atoms with Gasteiger partial charge >= 0.3 is 0 Å². The van der Waals surface area contributed by atoms with E-state index in [9.17, 15) is 8.78 Å². The highest BCUT2D eigenvalue weighted by atomic mass is 79.9. The van der Waals surface area contributed by atoms with Gasteiger partial charge in [0.05, 0.1) is 0 Å². The van der Waals surface area contributed by atoms with Crippen molar-refractivity contribution in [1.82, 2.24) is 5.32 Å². The monoisotopic (exact) mass is 213 g/mol. The van der Waals surface area contributed by atoms with Gasteiger partial charge in [-0.3, -0.25) is 0 Å². The summed E-state index contributed by atoms with van der Waals surface area (Å²) in [5, 5.41) is 2.79. The first-order valence-corrected chi connectivity index (χ1v) is 3.74. The zero-order valence-electron chi connectivity index (χ0n) is 5.54. The van der Waals surface area contributed by atoms with Crippen LogP contribution >= 0.6 is 15.9 Å². The maximum atomic E-state index is 11.5. The molecule has 1 nitrogen and oxygen atoms in total. The largest absolute Gasteiger partial charge is 0.312 e. The van der Waals surface area contributed by atoms with Crippen LogP contribution in [0.5, 0.6) is 0 Å². The van der Waals surface area contributed by atoms with Gasteiger partial charge < -0.3 is 5.32 Å². The van der Waals surface area contributed by atoms with Crippen LogP contribution in [0.15, 0.2) is 11.1 Å². The Kier molecular flexibility index (Phi) is 5.82. The molecule has 0 saturated heterocycles. The topological polar surface area (TPSA) is 12.0 Å². The summed E-state index contributed by atoms with van der Waals surface area (Å²) in [5.74, 6) is 0. The van der Waals surface area contributed by atoms with Crippen LogP contribution in [0.2, 0.25) is 0 Å². The zero-order valence-corrected chi connectivity index (χ0v) is 7.13. The van der Waals surface area contributed by atoms with E-state index in [1.807, 2.05) is 0 Å². The number of hydrogen-bond acceptors (Lipinski definition) is 1. The lowest BCUT2D eigenvalue weighted by molar-refractivity contribution is 0.138. The van der Waals surface area contributed by atoms with Crippen molar-refractivity contribution >= 4 is 15.9 Å². The second-order valence-corrected chi connectivity index (χ2v) is 3.00. The molecular weight excluding hydrogens is 204 g/mol. The number of rotatable bonds is 5. The van der Waals surface area contributed by atoms with Crippen LogP contribution in [0.25, 0.3) is 0 Å². The summed E-state index contributed by atoms with van der Waals surface area (Å²) < 4.78 is 23.7. The fourth-order valence-electron chi connectivity index (χ4n) is 0.435. The van der Waals surface area contributed by atoms with E-state index in [0.29, 0.717) is 13.1 Å². The Morgan fingerprint density at radius 1 is 1.60 bits per heavy atom. The minimum atomic E-state index is -2.21. The van der Waals surface area contributed by atoms with E-state index >= 15 is 0 Å². The van der Waals surface area contributed by atoms with Crippen LogP contribution < -0.4 is 5.32 Å². The number of nitrogens with one attached hydrogen (secondary N) is 1. The molecule has 0 radical (unpaired) electrons. The second kappa shape index (κ2) is 5.80. The van der Waals surface area contributed by atoms with Gasteiger partial charge in [-0.1, -0.05) is 22.5 Å². The molecule has 0 saturated carbocycles. The lowest BCUT2D eigenvalue weighted by atomic mass is 10.4. The number of hydrogen-bond donors (Lipinski definition) is 1. The van der Waals surface area contributed by atoms with Crippen LogP contribution in [0.3, 0.4) is 0 Å². The molecule has 0 aliphatic rings. The van der Waals surface area contributed by atoms with Crippen molar-refractivity contribution in [3.63, 3.8) is 0 Å². The van der Waals surface area contributed by atoms with Gasteiger partial charge in [0, 0.05) is 24.0 Å². The van der Waals surface area contributed by atoms with Crippen molar-refractivity contribution in [2.75, 3.05) is 13.1 Å². The van der Waals surface area contributed by atoms with E-state index in [4.69, 9.17) is 0 Å². The van der Waals surface area contributed by atoms with Crippen LogP contribution in [-0.4, -0.2) is 19.5 Å². The summed E-state index contributed by atoms with van der Waals surface area (Å²) in [6, 6.07) is 0. The first-order chi connectivity index (χ1) is 4.63. The van der Waals surface area contributed by atoms with Gasteiger partial charge in [-0.2, -0.15) is 0 Å². The fourth-order valence-corrected chi connectivity index (χ4v) is 0.633. The molecule has 1 N–H and O–H groups in total. The standard InChI is InChI=1S/C6H10BrF2N/c1-5(7)4-10-3-2-6(8)9/h6,10H,1-4H2. The summed E-state index contributed by atoms with van der Waals surface area (Å²) in [6.07, 6.45) is -2.31. The van der Waals surface area contributed by atoms with E-state index in [2.05, 4.69) is 27.8 Å². The summed E-state index contributed by atoms with van der Waals surface area (Å²) >= 11 is 3.10. The molecular formula is C6H10BrF2N. The third-order valence-electron chi connectivity index (χ3n) is 0.856. The average Bonchev–Trinajstić information content (AvgIpc) is 1.79. The maximum absolute atomic E-state index is 11.5. The molecule has 0 atom stereocenters. The van der Waals surface area contributed by atoms with E-state index < -0.39 is 6.43 Å². The highest BCUT2D eigenvalue weighted by Crippen LogP contribution is 1.99. The molecule has 0 aromatic carbocycles. The Bertz CT molecular complexity index is 106. The van der Waals surface area contributed by atoms with E-state index in [1.165, 1.54) is 0 Å². The Balaban J connectivity index is 2.98. The molecule has 0 unspecified atom stereocenters. The Morgan fingerprint density at radius 2 is 2.20 bits per heavy atom. The van der Waals surface area contributed by atoms with E-state index in [0.717, 1.165) is 4.48 Å². The molecule has 60 valence electrons. The third kappa shape index (κ3) is 8.04. The summed E-state index contributed by atoms with van der Waals surface area (Å²) in [7, 11) is 0. The van der Waals surface area contributed by atoms with Crippen molar-refractivity contribution in [2.45, 2.75) is 12.8 Å². The highest BCUT2D eigenvalue weighted by Gasteiger charge is 1.99. The van der Waals surface area contributed by atoms with Gasteiger partial charge in [0.25, 0.3) is 0 Å². The van der Waals surface area contributed by atoms with Crippen molar-refractivity contribution in [2.24, 2.45) is 0 Å². The van der Waals surface area contributed by atoms with Gasteiger partial charge in [-0.25, -0.2) is 8.78 Å². The van der Waals surface area contributed by atoms with Gasteiger partial charge in [-0.05, 0) is 0 Å². The van der Waals surface area contributed by atoms with Crippen LogP contribution in [0.4, 0.5) is 8.78 Å². The molecule has 0 amide bonds. The van der Waals surface area contributed by atoms with Gasteiger partial charge in [0.15, 0.2) is 0 Å². The summed E-state index contributed by atoms with van der Waals surface area (Å²) in [4.78, 5) is 0. The zero-order chi connectivity index (χ0) is 7.98. The quantitative estimate of drug-likeness (QED) is 0.691. The van der Waals surface area contributed by atoms with Gasteiger partial charge in [0.1, 0.15) is 0 Å². The molecule has 0 aliphatic heterocycles.